The van der Waals surface area contributed by atoms with Gasteiger partial charge in [0.1, 0.15) is 0 Å². The van der Waals surface area contributed by atoms with Crippen molar-refractivity contribution in [2.75, 3.05) is 26.7 Å². The summed E-state index contributed by atoms with van der Waals surface area (Å²) in [6.07, 6.45) is 3.78. The van der Waals surface area contributed by atoms with Crippen molar-refractivity contribution in [1.82, 2.24) is 4.90 Å². The van der Waals surface area contributed by atoms with Crippen LogP contribution in [-0.4, -0.2) is 37.6 Å². The topological polar surface area (TPSA) is 29.5 Å². The van der Waals surface area contributed by atoms with Crippen LogP contribution in [-0.2, 0) is 9.53 Å². The molecule has 3 heteroatoms. The Morgan fingerprint density at radius 2 is 2.11 bits per heavy atom. The van der Waals surface area contributed by atoms with Gasteiger partial charge in [0.15, 0.2) is 0 Å². The van der Waals surface area contributed by atoms with Crippen LogP contribution < -0.4 is 0 Å². The summed E-state index contributed by atoms with van der Waals surface area (Å²) in [6, 6.07) is 10.5. The van der Waals surface area contributed by atoms with E-state index in [0.29, 0.717) is 6.42 Å². The molecule has 96 valence electrons. The van der Waals surface area contributed by atoms with Crippen LogP contribution in [0.5, 0.6) is 0 Å². The highest BCUT2D eigenvalue weighted by Gasteiger charge is 2.13. The number of methoxy groups -OCH3 is 1. The van der Waals surface area contributed by atoms with Crippen molar-refractivity contribution in [3.05, 3.63) is 42.0 Å². The second kappa shape index (κ2) is 6.36. The monoisotopic (exact) mass is 245 g/mol. The fourth-order valence-corrected chi connectivity index (χ4v) is 2.18. The molecule has 0 atom stereocenters. The third-order valence-electron chi connectivity index (χ3n) is 3.30. The normalized spacial score (nSPS) is 16.2. The molecule has 2 rings (SSSR count). The number of esters is 1. The molecule has 0 saturated heterocycles. The molecule has 1 aliphatic heterocycles. The van der Waals surface area contributed by atoms with E-state index in [4.69, 9.17) is 0 Å². The van der Waals surface area contributed by atoms with Gasteiger partial charge in [0.25, 0.3) is 0 Å². The highest BCUT2D eigenvalue weighted by molar-refractivity contribution is 5.69. The minimum atomic E-state index is -0.132. The molecule has 18 heavy (non-hydrogen) atoms. The molecule has 0 spiro atoms. The van der Waals surface area contributed by atoms with Gasteiger partial charge in [0.2, 0.25) is 0 Å². The second-order valence-electron chi connectivity index (χ2n) is 4.47. The average molecular weight is 245 g/mol. The van der Waals surface area contributed by atoms with Crippen molar-refractivity contribution < 1.29 is 9.53 Å². The number of benzene rings is 1. The lowest BCUT2D eigenvalue weighted by Gasteiger charge is -2.26. The average Bonchev–Trinajstić information content (AvgIpc) is 2.46. The van der Waals surface area contributed by atoms with Crippen LogP contribution in [0.1, 0.15) is 18.4 Å². The predicted molar refractivity (Wildman–Crippen MR) is 72.1 cm³/mol. The second-order valence-corrected chi connectivity index (χ2v) is 4.47. The third-order valence-corrected chi connectivity index (χ3v) is 3.30. The van der Waals surface area contributed by atoms with E-state index in [0.717, 1.165) is 26.1 Å². The molecule has 0 bridgehead atoms. The Labute approximate surface area is 108 Å². The highest BCUT2D eigenvalue weighted by atomic mass is 16.5. The summed E-state index contributed by atoms with van der Waals surface area (Å²) in [6.45, 7) is 2.71. The van der Waals surface area contributed by atoms with Gasteiger partial charge in [-0.05, 0) is 17.6 Å². The van der Waals surface area contributed by atoms with Gasteiger partial charge in [-0.1, -0.05) is 36.4 Å². The molecule has 0 unspecified atom stereocenters. The van der Waals surface area contributed by atoms with E-state index < -0.39 is 0 Å². The highest BCUT2D eigenvalue weighted by Crippen LogP contribution is 2.21. The molecule has 1 aromatic carbocycles. The Morgan fingerprint density at radius 3 is 2.72 bits per heavy atom. The lowest BCUT2D eigenvalue weighted by atomic mass is 9.99. The van der Waals surface area contributed by atoms with Gasteiger partial charge in [-0.3, -0.25) is 9.69 Å². The van der Waals surface area contributed by atoms with Crippen LogP contribution in [0.4, 0.5) is 0 Å². The van der Waals surface area contributed by atoms with Gasteiger partial charge in [-0.2, -0.15) is 0 Å². The molecule has 1 heterocycles. The zero-order valence-electron chi connectivity index (χ0n) is 10.8. The predicted octanol–water partition coefficient (Wildman–Crippen LogP) is 2.34. The summed E-state index contributed by atoms with van der Waals surface area (Å²) in [5, 5.41) is 0. The first-order valence-electron chi connectivity index (χ1n) is 6.33. The SMILES string of the molecule is COC(=O)CCN1CC=C(c2ccccc2)CC1. The summed E-state index contributed by atoms with van der Waals surface area (Å²) in [4.78, 5) is 13.4. The maximum atomic E-state index is 11.1. The summed E-state index contributed by atoms with van der Waals surface area (Å²) in [5.74, 6) is -0.132. The van der Waals surface area contributed by atoms with Crippen molar-refractivity contribution in [2.45, 2.75) is 12.8 Å². The number of carbonyl (C=O) groups excluding carboxylic acids is 1. The third kappa shape index (κ3) is 3.44. The van der Waals surface area contributed by atoms with Crippen molar-refractivity contribution in [3.8, 4) is 0 Å². The Hall–Kier alpha value is -1.61. The Morgan fingerprint density at radius 1 is 1.33 bits per heavy atom. The maximum Gasteiger partial charge on any atom is 0.306 e. The van der Waals surface area contributed by atoms with Crippen molar-refractivity contribution in [2.24, 2.45) is 0 Å². The Kier molecular flexibility index (Phi) is 4.53. The molecule has 0 aromatic heterocycles. The first kappa shape index (κ1) is 12.8. The fraction of sp³-hybridized carbons (Fsp3) is 0.400. The van der Waals surface area contributed by atoms with Gasteiger partial charge < -0.3 is 4.74 Å². The van der Waals surface area contributed by atoms with Crippen LogP contribution in [0.2, 0.25) is 0 Å². The smallest absolute Gasteiger partial charge is 0.306 e. The van der Waals surface area contributed by atoms with E-state index in [1.807, 2.05) is 6.07 Å². The van der Waals surface area contributed by atoms with E-state index >= 15 is 0 Å². The van der Waals surface area contributed by atoms with E-state index in [2.05, 4.69) is 40.0 Å². The standard InChI is InChI=1S/C15H19NO2/c1-18-15(17)9-12-16-10-7-14(8-11-16)13-5-3-2-4-6-13/h2-7H,8-12H2,1H3. The van der Waals surface area contributed by atoms with Crippen LogP contribution in [0.15, 0.2) is 36.4 Å². The summed E-state index contributed by atoms with van der Waals surface area (Å²) in [5.41, 5.74) is 2.72. The van der Waals surface area contributed by atoms with Gasteiger partial charge in [-0.25, -0.2) is 0 Å². The van der Waals surface area contributed by atoms with Gasteiger partial charge in [0.05, 0.1) is 13.5 Å². The van der Waals surface area contributed by atoms with Gasteiger partial charge in [-0.15, -0.1) is 0 Å². The van der Waals surface area contributed by atoms with Gasteiger partial charge in [0, 0.05) is 19.6 Å². The van der Waals surface area contributed by atoms with Crippen LogP contribution >= 0.6 is 0 Å². The number of nitrogens with zero attached hydrogens (tertiary/aromatic N) is 1. The summed E-state index contributed by atoms with van der Waals surface area (Å²) < 4.78 is 4.65. The van der Waals surface area contributed by atoms with Crippen LogP contribution in [0, 0.1) is 0 Å². The molecule has 0 radical (unpaired) electrons. The molecule has 0 N–H and O–H groups in total. The van der Waals surface area contributed by atoms with Crippen molar-refractivity contribution >= 4 is 11.5 Å². The first-order chi connectivity index (χ1) is 8.79. The summed E-state index contributed by atoms with van der Waals surface area (Å²) >= 11 is 0. The van der Waals surface area contributed by atoms with Crippen LogP contribution in [0.25, 0.3) is 5.57 Å². The maximum absolute atomic E-state index is 11.1. The fourth-order valence-electron chi connectivity index (χ4n) is 2.18. The largest absolute Gasteiger partial charge is 0.469 e. The Balaban J connectivity index is 1.86. The molecule has 1 aromatic rings. The van der Waals surface area contributed by atoms with Crippen LogP contribution in [0.3, 0.4) is 0 Å². The summed E-state index contributed by atoms with van der Waals surface area (Å²) in [7, 11) is 1.44. The molecule has 3 nitrogen and oxygen atoms in total. The molecule has 0 fully saturated rings. The quantitative estimate of drug-likeness (QED) is 0.763. The Bertz CT molecular complexity index is 425. The number of ether oxygens (including phenoxy) is 1. The lowest BCUT2D eigenvalue weighted by molar-refractivity contribution is -0.140. The van der Waals surface area contributed by atoms with E-state index in [1.54, 1.807) is 0 Å². The minimum Gasteiger partial charge on any atom is -0.469 e. The first-order valence-corrected chi connectivity index (χ1v) is 6.33. The zero-order valence-corrected chi connectivity index (χ0v) is 10.8. The van der Waals surface area contributed by atoms with Crippen molar-refractivity contribution in [1.29, 1.82) is 0 Å². The number of rotatable bonds is 4. The molecule has 1 aliphatic rings. The molecule has 0 amide bonds. The van der Waals surface area contributed by atoms with E-state index in [1.165, 1.54) is 18.2 Å². The number of hydrogen-bond acceptors (Lipinski definition) is 3. The minimum absolute atomic E-state index is 0.132. The van der Waals surface area contributed by atoms with E-state index in [9.17, 15) is 4.79 Å². The molecule has 0 aliphatic carbocycles. The van der Waals surface area contributed by atoms with E-state index in [-0.39, 0.29) is 5.97 Å². The molecule has 0 saturated carbocycles. The number of hydrogen-bond donors (Lipinski definition) is 0. The van der Waals surface area contributed by atoms with Crippen molar-refractivity contribution in [3.63, 3.8) is 0 Å². The number of carbonyl (C=O) groups is 1. The molecular weight excluding hydrogens is 226 g/mol. The zero-order chi connectivity index (χ0) is 12.8. The molecular formula is C15H19NO2. The van der Waals surface area contributed by atoms with Gasteiger partial charge >= 0.3 is 5.97 Å². The lowest BCUT2D eigenvalue weighted by Crippen LogP contribution is -2.30.